The summed E-state index contributed by atoms with van der Waals surface area (Å²) >= 11 is 0. The second-order valence-corrected chi connectivity index (χ2v) is 5.77. The number of β-amino-alcohol motifs (C(OH)–C–C–N with tert-alkyl or cyclic N) is 1. The van der Waals surface area contributed by atoms with E-state index in [2.05, 4.69) is 29.0 Å². The molecule has 0 aromatic rings. The average molecular weight is 241 g/mol. The van der Waals surface area contributed by atoms with Gasteiger partial charge < -0.3 is 10.4 Å². The fourth-order valence-corrected chi connectivity index (χ4v) is 2.42. The molecule has 1 saturated heterocycles. The Hall–Kier alpha value is -0.160. The zero-order valence-electron chi connectivity index (χ0n) is 11.2. The second-order valence-electron chi connectivity index (χ2n) is 5.77. The maximum Gasteiger partial charge on any atom is 0.0791 e. The van der Waals surface area contributed by atoms with Crippen LogP contribution in [0.5, 0.6) is 0 Å². The van der Waals surface area contributed by atoms with Gasteiger partial charge in [-0.1, -0.05) is 0 Å². The number of hydrogen-bond acceptors (Lipinski definition) is 4. The molecule has 2 fully saturated rings. The molecule has 1 atom stereocenters. The first kappa shape index (κ1) is 13.3. The normalized spacial score (nSPS) is 25.4. The van der Waals surface area contributed by atoms with Crippen molar-refractivity contribution in [1.82, 2.24) is 15.1 Å². The maximum absolute atomic E-state index is 9.94. The van der Waals surface area contributed by atoms with Gasteiger partial charge in [-0.25, -0.2) is 0 Å². The lowest BCUT2D eigenvalue weighted by molar-refractivity contribution is 0.0621. The smallest absolute Gasteiger partial charge is 0.0791 e. The molecule has 1 saturated carbocycles. The van der Waals surface area contributed by atoms with Crippen LogP contribution in [0.1, 0.15) is 26.7 Å². The summed E-state index contributed by atoms with van der Waals surface area (Å²) in [5, 5.41) is 13.3. The quantitative estimate of drug-likeness (QED) is 0.693. The molecule has 2 rings (SSSR count). The third kappa shape index (κ3) is 4.54. The van der Waals surface area contributed by atoms with Crippen LogP contribution in [0.3, 0.4) is 0 Å². The van der Waals surface area contributed by atoms with Gasteiger partial charge in [0.1, 0.15) is 0 Å². The number of nitrogens with zero attached hydrogens (tertiary/aromatic N) is 2. The summed E-state index contributed by atoms with van der Waals surface area (Å²) in [5.41, 5.74) is 0. The lowest BCUT2D eigenvalue weighted by Gasteiger charge is -2.37. The van der Waals surface area contributed by atoms with Crippen LogP contribution in [0.2, 0.25) is 0 Å². The van der Waals surface area contributed by atoms with E-state index in [1.54, 1.807) is 0 Å². The fourth-order valence-electron chi connectivity index (χ4n) is 2.42. The highest BCUT2D eigenvalue weighted by Crippen LogP contribution is 2.18. The summed E-state index contributed by atoms with van der Waals surface area (Å²) < 4.78 is 0. The number of aliphatic hydroxyl groups excluding tert-OH is 1. The molecule has 17 heavy (non-hydrogen) atoms. The molecule has 100 valence electrons. The van der Waals surface area contributed by atoms with E-state index in [1.165, 1.54) is 12.8 Å². The maximum atomic E-state index is 9.94. The van der Waals surface area contributed by atoms with Crippen LogP contribution < -0.4 is 5.32 Å². The van der Waals surface area contributed by atoms with Crippen LogP contribution in [0.4, 0.5) is 0 Å². The van der Waals surface area contributed by atoms with Crippen LogP contribution >= 0.6 is 0 Å². The molecule has 2 aliphatic rings. The van der Waals surface area contributed by atoms with E-state index in [4.69, 9.17) is 0 Å². The molecule has 0 aromatic heterocycles. The largest absolute Gasteiger partial charge is 0.390 e. The minimum absolute atomic E-state index is 0.207. The van der Waals surface area contributed by atoms with Crippen molar-refractivity contribution in [2.45, 2.75) is 44.9 Å². The molecular weight excluding hydrogens is 214 g/mol. The molecule has 1 heterocycles. The molecule has 0 bridgehead atoms. The number of piperazine rings is 1. The Balaban J connectivity index is 1.59. The molecule has 2 N–H and O–H groups in total. The molecule has 1 aliphatic carbocycles. The van der Waals surface area contributed by atoms with E-state index in [0.717, 1.165) is 39.3 Å². The Kier molecular flexibility index (Phi) is 4.79. The van der Waals surface area contributed by atoms with Gasteiger partial charge in [-0.05, 0) is 26.7 Å². The zero-order chi connectivity index (χ0) is 12.3. The lowest BCUT2D eigenvalue weighted by atomic mass is 10.2. The molecule has 4 heteroatoms. The van der Waals surface area contributed by atoms with Gasteiger partial charge in [0.25, 0.3) is 0 Å². The van der Waals surface area contributed by atoms with Crippen molar-refractivity contribution in [3.63, 3.8) is 0 Å². The van der Waals surface area contributed by atoms with Crippen molar-refractivity contribution in [2.75, 3.05) is 39.3 Å². The van der Waals surface area contributed by atoms with Crippen LogP contribution in [0.15, 0.2) is 0 Å². The Morgan fingerprint density at radius 2 is 1.82 bits per heavy atom. The van der Waals surface area contributed by atoms with Crippen molar-refractivity contribution >= 4 is 0 Å². The number of nitrogens with one attached hydrogen (secondary N) is 1. The summed E-state index contributed by atoms with van der Waals surface area (Å²) in [6, 6.07) is 1.35. The topological polar surface area (TPSA) is 38.7 Å². The summed E-state index contributed by atoms with van der Waals surface area (Å²) in [5.74, 6) is 0. The highest BCUT2D eigenvalue weighted by molar-refractivity contribution is 4.83. The van der Waals surface area contributed by atoms with Gasteiger partial charge >= 0.3 is 0 Å². The van der Waals surface area contributed by atoms with E-state index in [9.17, 15) is 5.11 Å². The summed E-state index contributed by atoms with van der Waals surface area (Å²) in [7, 11) is 0. The molecule has 1 aliphatic heterocycles. The van der Waals surface area contributed by atoms with E-state index >= 15 is 0 Å². The van der Waals surface area contributed by atoms with Gasteiger partial charge in [-0.15, -0.1) is 0 Å². The highest BCUT2D eigenvalue weighted by Gasteiger charge is 2.23. The number of hydrogen-bond donors (Lipinski definition) is 2. The monoisotopic (exact) mass is 241 g/mol. The highest BCUT2D eigenvalue weighted by atomic mass is 16.3. The minimum atomic E-state index is -0.207. The van der Waals surface area contributed by atoms with Crippen molar-refractivity contribution < 1.29 is 5.11 Å². The third-order valence-corrected chi connectivity index (χ3v) is 3.83. The first-order valence-corrected chi connectivity index (χ1v) is 7.03. The van der Waals surface area contributed by atoms with Crippen LogP contribution in [-0.4, -0.2) is 72.4 Å². The Bertz CT molecular complexity index is 223. The predicted molar refractivity (Wildman–Crippen MR) is 70.2 cm³/mol. The first-order chi connectivity index (χ1) is 8.15. The van der Waals surface area contributed by atoms with Crippen LogP contribution in [0, 0.1) is 0 Å². The second kappa shape index (κ2) is 6.14. The predicted octanol–water partition coefficient (Wildman–Crippen LogP) is 0.125. The van der Waals surface area contributed by atoms with Gasteiger partial charge in [0, 0.05) is 51.4 Å². The third-order valence-electron chi connectivity index (χ3n) is 3.83. The summed E-state index contributed by atoms with van der Waals surface area (Å²) in [6.07, 6.45) is 2.38. The first-order valence-electron chi connectivity index (χ1n) is 7.03. The fraction of sp³-hybridized carbons (Fsp3) is 1.00. The van der Waals surface area contributed by atoms with Crippen molar-refractivity contribution in [3.05, 3.63) is 0 Å². The SMILES string of the molecule is CC(C)N1CCN(CC(O)CNC2CC2)CC1. The molecule has 4 nitrogen and oxygen atoms in total. The van der Waals surface area contributed by atoms with Gasteiger partial charge in [0.05, 0.1) is 6.10 Å². The minimum Gasteiger partial charge on any atom is -0.390 e. The summed E-state index contributed by atoms with van der Waals surface area (Å²) in [4.78, 5) is 4.89. The molecule has 1 unspecified atom stereocenters. The Morgan fingerprint density at radius 1 is 1.18 bits per heavy atom. The molecule has 0 amide bonds. The lowest BCUT2D eigenvalue weighted by Crippen LogP contribution is -2.51. The van der Waals surface area contributed by atoms with Gasteiger partial charge in [0.15, 0.2) is 0 Å². The van der Waals surface area contributed by atoms with E-state index < -0.39 is 0 Å². The summed E-state index contributed by atoms with van der Waals surface area (Å²) in [6.45, 7) is 10.6. The van der Waals surface area contributed by atoms with Crippen LogP contribution in [-0.2, 0) is 0 Å². The van der Waals surface area contributed by atoms with E-state index in [0.29, 0.717) is 12.1 Å². The van der Waals surface area contributed by atoms with E-state index in [1.807, 2.05) is 0 Å². The van der Waals surface area contributed by atoms with E-state index in [-0.39, 0.29) is 6.10 Å². The van der Waals surface area contributed by atoms with Gasteiger partial charge in [-0.2, -0.15) is 0 Å². The van der Waals surface area contributed by atoms with Gasteiger partial charge in [0.2, 0.25) is 0 Å². The standard InChI is InChI=1S/C13H27N3O/c1-11(2)16-7-5-15(6-8-16)10-13(17)9-14-12-3-4-12/h11-14,17H,3-10H2,1-2H3. The van der Waals surface area contributed by atoms with Crippen LogP contribution in [0.25, 0.3) is 0 Å². The zero-order valence-corrected chi connectivity index (χ0v) is 11.2. The molecular formula is C13H27N3O. The number of aliphatic hydroxyl groups is 1. The van der Waals surface area contributed by atoms with Gasteiger partial charge in [-0.3, -0.25) is 9.80 Å². The average Bonchev–Trinajstić information content (AvgIpc) is 3.11. The molecule has 0 aromatic carbocycles. The van der Waals surface area contributed by atoms with Crippen molar-refractivity contribution in [2.24, 2.45) is 0 Å². The van der Waals surface area contributed by atoms with Crippen molar-refractivity contribution in [3.8, 4) is 0 Å². The Morgan fingerprint density at radius 3 is 2.35 bits per heavy atom. The molecule has 0 radical (unpaired) electrons. The number of rotatable bonds is 6. The molecule has 0 spiro atoms. The Labute approximate surface area is 105 Å². The van der Waals surface area contributed by atoms with Crippen molar-refractivity contribution in [1.29, 1.82) is 0 Å².